The molecule has 1 aromatic heterocycles. The van der Waals surface area contributed by atoms with Crippen LogP contribution in [-0.2, 0) is 4.79 Å². The van der Waals surface area contributed by atoms with Crippen molar-refractivity contribution in [2.45, 2.75) is 32.7 Å². The summed E-state index contributed by atoms with van der Waals surface area (Å²) in [5.74, 6) is 1.20. The lowest BCUT2D eigenvalue weighted by molar-refractivity contribution is -0.111. The van der Waals surface area contributed by atoms with Crippen molar-refractivity contribution >= 4 is 17.7 Å². The molecule has 4 rings (SSSR count). The Kier molecular flexibility index (Phi) is 3.56. The summed E-state index contributed by atoms with van der Waals surface area (Å²) < 4.78 is 12.9. The molecule has 1 aromatic carbocycles. The van der Waals surface area contributed by atoms with Crippen LogP contribution in [0, 0.1) is 13.8 Å². The summed E-state index contributed by atoms with van der Waals surface area (Å²) in [4.78, 5) is 12.2. The average molecular weight is 324 g/mol. The van der Waals surface area contributed by atoms with Gasteiger partial charge in [-0.15, -0.1) is 0 Å². The van der Waals surface area contributed by atoms with Gasteiger partial charge in [0.15, 0.2) is 11.5 Å². The molecule has 1 aliphatic carbocycles. The molecule has 0 spiro atoms. The molecule has 0 radical (unpaired) electrons. The Balaban J connectivity index is 1.46. The first-order valence-corrected chi connectivity index (χ1v) is 8.19. The molecular weight excluding hydrogens is 304 g/mol. The van der Waals surface area contributed by atoms with Gasteiger partial charge in [0.05, 0.1) is 0 Å². The van der Waals surface area contributed by atoms with E-state index in [1.807, 2.05) is 6.08 Å². The maximum Gasteiger partial charge on any atom is 0.248 e. The molecule has 2 heterocycles. The van der Waals surface area contributed by atoms with Crippen molar-refractivity contribution in [2.75, 3.05) is 12.1 Å². The number of hydrogen-bond acceptors (Lipinski definition) is 3. The molecule has 24 heavy (non-hydrogen) atoms. The number of hydrogen-bond donors (Lipinski definition) is 1. The van der Waals surface area contributed by atoms with Crippen LogP contribution in [0.1, 0.15) is 35.8 Å². The van der Waals surface area contributed by atoms with Gasteiger partial charge in [0, 0.05) is 35.3 Å². The monoisotopic (exact) mass is 324 g/mol. The van der Waals surface area contributed by atoms with Crippen molar-refractivity contribution in [2.24, 2.45) is 0 Å². The molecular formula is C19H20N2O3. The Hall–Kier alpha value is -2.69. The second-order valence-corrected chi connectivity index (χ2v) is 6.32. The largest absolute Gasteiger partial charge is 0.454 e. The first-order chi connectivity index (χ1) is 11.6. The quantitative estimate of drug-likeness (QED) is 0.870. The number of ether oxygens (including phenoxy) is 2. The number of carbonyl (C=O) groups excluding carboxylic acids is 1. The minimum absolute atomic E-state index is 0.162. The number of amides is 1. The second kappa shape index (κ2) is 5.74. The molecule has 5 nitrogen and oxygen atoms in total. The maximum absolute atomic E-state index is 12.2. The SMILES string of the molecule is Cc1cc(C=CC(=O)Nc2ccc3c(c2)OCO3)c(C)n1C1CC1. The third kappa shape index (κ3) is 2.77. The van der Waals surface area contributed by atoms with Gasteiger partial charge in [-0.25, -0.2) is 0 Å². The predicted molar refractivity (Wildman–Crippen MR) is 92.4 cm³/mol. The predicted octanol–water partition coefficient (Wildman–Crippen LogP) is 3.82. The van der Waals surface area contributed by atoms with Crippen LogP contribution >= 0.6 is 0 Å². The van der Waals surface area contributed by atoms with Crippen LogP contribution in [0.15, 0.2) is 30.3 Å². The number of anilines is 1. The third-order valence-electron chi connectivity index (χ3n) is 4.49. The molecule has 0 atom stereocenters. The summed E-state index contributed by atoms with van der Waals surface area (Å²) in [7, 11) is 0. The minimum Gasteiger partial charge on any atom is -0.454 e. The van der Waals surface area contributed by atoms with Crippen LogP contribution in [0.2, 0.25) is 0 Å². The van der Waals surface area contributed by atoms with Crippen LogP contribution < -0.4 is 14.8 Å². The zero-order chi connectivity index (χ0) is 16.7. The van der Waals surface area contributed by atoms with E-state index in [-0.39, 0.29) is 12.7 Å². The first kappa shape index (κ1) is 14.9. The van der Waals surface area contributed by atoms with E-state index in [2.05, 4.69) is 29.8 Å². The van der Waals surface area contributed by atoms with E-state index in [1.165, 1.54) is 24.2 Å². The number of aromatic nitrogens is 1. The lowest BCUT2D eigenvalue weighted by Gasteiger charge is -2.06. The molecule has 1 saturated carbocycles. The summed E-state index contributed by atoms with van der Waals surface area (Å²) in [5, 5.41) is 2.85. The van der Waals surface area contributed by atoms with Crippen LogP contribution in [0.5, 0.6) is 11.5 Å². The number of rotatable bonds is 4. The maximum atomic E-state index is 12.2. The van der Waals surface area contributed by atoms with Crippen molar-refractivity contribution in [3.05, 3.63) is 47.3 Å². The molecule has 2 aromatic rings. The van der Waals surface area contributed by atoms with Crippen LogP contribution in [0.25, 0.3) is 6.08 Å². The van der Waals surface area contributed by atoms with Gasteiger partial charge in [-0.2, -0.15) is 0 Å². The number of carbonyl (C=O) groups is 1. The van der Waals surface area contributed by atoms with Crippen molar-refractivity contribution in [3.8, 4) is 11.5 Å². The highest BCUT2D eigenvalue weighted by Crippen LogP contribution is 2.38. The zero-order valence-electron chi connectivity index (χ0n) is 13.8. The molecule has 5 heteroatoms. The topological polar surface area (TPSA) is 52.5 Å². The molecule has 124 valence electrons. The van der Waals surface area contributed by atoms with Gasteiger partial charge in [0.2, 0.25) is 12.7 Å². The number of aryl methyl sites for hydroxylation is 1. The molecule has 1 N–H and O–H groups in total. The fourth-order valence-corrected chi connectivity index (χ4v) is 3.19. The number of benzene rings is 1. The molecule has 0 bridgehead atoms. The van der Waals surface area contributed by atoms with Gasteiger partial charge in [0.25, 0.3) is 0 Å². The Labute approximate surface area is 140 Å². The van der Waals surface area contributed by atoms with Crippen LogP contribution in [-0.4, -0.2) is 17.3 Å². The molecule has 2 aliphatic rings. The lowest BCUT2D eigenvalue weighted by Crippen LogP contribution is -2.07. The summed E-state index contributed by atoms with van der Waals surface area (Å²) in [6, 6.07) is 8.16. The van der Waals surface area contributed by atoms with E-state index < -0.39 is 0 Å². The standard InChI is InChI=1S/C19H20N2O3/c1-12-9-14(13(2)21(12)16-5-6-16)3-8-19(22)20-15-4-7-17-18(10-15)24-11-23-17/h3-4,7-10,16H,5-6,11H2,1-2H3,(H,20,22). The lowest BCUT2D eigenvalue weighted by atomic mass is 10.2. The molecule has 0 saturated heterocycles. The van der Waals surface area contributed by atoms with E-state index in [0.29, 0.717) is 23.2 Å². The summed E-state index contributed by atoms with van der Waals surface area (Å²) in [6.45, 7) is 4.46. The number of nitrogens with zero attached hydrogens (tertiary/aromatic N) is 1. The first-order valence-electron chi connectivity index (χ1n) is 8.19. The summed E-state index contributed by atoms with van der Waals surface area (Å²) >= 11 is 0. The Morgan fingerprint density at radius 1 is 1.21 bits per heavy atom. The zero-order valence-corrected chi connectivity index (χ0v) is 13.8. The van der Waals surface area contributed by atoms with E-state index in [9.17, 15) is 4.79 Å². The molecule has 1 fully saturated rings. The summed E-state index contributed by atoms with van der Waals surface area (Å²) in [6.07, 6.45) is 5.96. The van der Waals surface area contributed by atoms with Gasteiger partial charge >= 0.3 is 0 Å². The highest BCUT2D eigenvalue weighted by Gasteiger charge is 2.26. The van der Waals surface area contributed by atoms with Gasteiger partial charge in [-0.1, -0.05) is 0 Å². The number of nitrogens with one attached hydrogen (secondary N) is 1. The van der Waals surface area contributed by atoms with Crippen molar-refractivity contribution in [3.63, 3.8) is 0 Å². The van der Waals surface area contributed by atoms with E-state index in [4.69, 9.17) is 9.47 Å². The fourth-order valence-electron chi connectivity index (χ4n) is 3.19. The third-order valence-corrected chi connectivity index (χ3v) is 4.49. The van der Waals surface area contributed by atoms with E-state index in [0.717, 1.165) is 5.56 Å². The molecule has 0 unspecified atom stereocenters. The fraction of sp³-hybridized carbons (Fsp3) is 0.316. The minimum atomic E-state index is -0.162. The van der Waals surface area contributed by atoms with Gasteiger partial charge in [-0.05, 0) is 56.5 Å². The molecule has 1 amide bonds. The Morgan fingerprint density at radius 3 is 2.79 bits per heavy atom. The van der Waals surface area contributed by atoms with Gasteiger partial charge in [0.1, 0.15) is 0 Å². The normalized spacial score (nSPS) is 15.9. The van der Waals surface area contributed by atoms with Crippen LogP contribution in [0.4, 0.5) is 5.69 Å². The highest BCUT2D eigenvalue weighted by molar-refractivity contribution is 6.02. The highest BCUT2D eigenvalue weighted by atomic mass is 16.7. The van der Waals surface area contributed by atoms with E-state index >= 15 is 0 Å². The van der Waals surface area contributed by atoms with Crippen LogP contribution in [0.3, 0.4) is 0 Å². The van der Waals surface area contributed by atoms with Crippen molar-refractivity contribution in [1.29, 1.82) is 0 Å². The second-order valence-electron chi connectivity index (χ2n) is 6.32. The van der Waals surface area contributed by atoms with Crippen molar-refractivity contribution < 1.29 is 14.3 Å². The Morgan fingerprint density at radius 2 is 2.00 bits per heavy atom. The van der Waals surface area contributed by atoms with Gasteiger partial charge < -0.3 is 19.4 Å². The average Bonchev–Trinajstić information content (AvgIpc) is 3.19. The molecule has 1 aliphatic heterocycles. The Bertz CT molecular complexity index is 831. The smallest absolute Gasteiger partial charge is 0.248 e. The summed E-state index contributed by atoms with van der Waals surface area (Å²) in [5.41, 5.74) is 4.27. The number of fused-ring (bicyclic) bond motifs is 1. The van der Waals surface area contributed by atoms with E-state index in [1.54, 1.807) is 24.3 Å². The van der Waals surface area contributed by atoms with Crippen molar-refractivity contribution in [1.82, 2.24) is 4.57 Å². The van der Waals surface area contributed by atoms with Gasteiger partial charge in [-0.3, -0.25) is 4.79 Å².